The Balaban J connectivity index is 1.34. The SMILES string of the molecule is CCN(CC)S(=O)(=O)c1ccc(-c2ccc(C[C@H](NC(=O)C3CCC(CN)CC3)C(=O)Nc3ccc4c(=O)[nH][nH]c4c3)cc2)c(C)c1. The molecule has 1 fully saturated rings. The standard InChI is InChI=1S/C35H44N6O5S/c1-4-41(5-2)47(45,46)28-15-17-29(22(3)18-28)25-10-6-23(7-11-25)19-32(38-33(42)26-12-8-24(21-36)9-13-26)35(44)37-27-14-16-30-31(20-27)39-40-34(30)43/h6-7,10-11,14-18,20,24,26,32H,4-5,8-9,12-13,19,21,36H2,1-3H3,(H,37,44)(H,38,42)(H2,39,40,43)/t24?,26?,32-/m0/s1. The maximum atomic E-state index is 13.6. The fourth-order valence-corrected chi connectivity index (χ4v) is 7.94. The Bertz CT molecular complexity index is 1890. The number of hydrogen-bond donors (Lipinski definition) is 5. The van der Waals surface area contributed by atoms with Crippen LogP contribution in [-0.4, -0.2) is 60.4 Å². The first kappa shape index (κ1) is 34.1. The maximum absolute atomic E-state index is 13.6. The average molecular weight is 661 g/mol. The number of benzene rings is 3. The Hall–Kier alpha value is -4.26. The van der Waals surface area contributed by atoms with Crippen molar-refractivity contribution in [1.82, 2.24) is 19.8 Å². The Kier molecular flexibility index (Phi) is 10.6. The first-order valence-corrected chi connectivity index (χ1v) is 17.7. The summed E-state index contributed by atoms with van der Waals surface area (Å²) in [6, 6.07) is 17.0. The third-order valence-electron chi connectivity index (χ3n) is 9.27. The second-order valence-electron chi connectivity index (χ2n) is 12.3. The third kappa shape index (κ3) is 7.66. The summed E-state index contributed by atoms with van der Waals surface area (Å²) in [5.41, 5.74) is 10.2. The highest BCUT2D eigenvalue weighted by molar-refractivity contribution is 7.89. The highest BCUT2D eigenvalue weighted by Crippen LogP contribution is 2.30. The van der Waals surface area contributed by atoms with E-state index in [1.165, 1.54) is 4.31 Å². The van der Waals surface area contributed by atoms with Crippen molar-refractivity contribution in [2.75, 3.05) is 25.0 Å². The number of amides is 2. The number of H-pyrrole nitrogens is 2. The molecule has 5 rings (SSSR count). The maximum Gasteiger partial charge on any atom is 0.271 e. The van der Waals surface area contributed by atoms with Crippen molar-refractivity contribution in [1.29, 1.82) is 0 Å². The quantitative estimate of drug-likeness (QED) is 0.152. The monoisotopic (exact) mass is 660 g/mol. The van der Waals surface area contributed by atoms with Gasteiger partial charge in [0.15, 0.2) is 0 Å². The zero-order chi connectivity index (χ0) is 33.7. The second-order valence-corrected chi connectivity index (χ2v) is 14.2. The molecule has 0 aliphatic heterocycles. The first-order chi connectivity index (χ1) is 22.5. The molecule has 0 saturated heterocycles. The average Bonchev–Trinajstić information content (AvgIpc) is 3.44. The fourth-order valence-electron chi connectivity index (χ4n) is 6.39. The lowest BCUT2D eigenvalue weighted by atomic mass is 9.81. The number of carbonyl (C=O) groups is 2. The van der Waals surface area contributed by atoms with Gasteiger partial charge in [-0.05, 0) is 97.7 Å². The van der Waals surface area contributed by atoms with E-state index < -0.39 is 16.1 Å². The minimum Gasteiger partial charge on any atom is -0.344 e. The third-order valence-corrected chi connectivity index (χ3v) is 11.3. The van der Waals surface area contributed by atoms with Gasteiger partial charge in [0.25, 0.3) is 5.56 Å². The molecular weight excluding hydrogens is 616 g/mol. The van der Waals surface area contributed by atoms with E-state index in [0.717, 1.165) is 47.9 Å². The Morgan fingerprint density at radius 2 is 1.66 bits per heavy atom. The van der Waals surface area contributed by atoms with Crippen molar-refractivity contribution in [2.24, 2.45) is 17.6 Å². The van der Waals surface area contributed by atoms with Crippen molar-refractivity contribution in [3.8, 4) is 11.1 Å². The molecule has 1 aromatic heterocycles. The molecule has 0 radical (unpaired) electrons. The molecule has 250 valence electrons. The topological polar surface area (TPSA) is 170 Å². The second kappa shape index (κ2) is 14.7. The number of sulfonamides is 1. The van der Waals surface area contributed by atoms with Crippen LogP contribution in [0.3, 0.4) is 0 Å². The Morgan fingerprint density at radius 3 is 2.30 bits per heavy atom. The van der Waals surface area contributed by atoms with E-state index in [9.17, 15) is 22.8 Å². The number of anilines is 1. The molecule has 1 saturated carbocycles. The fraction of sp³-hybridized carbons (Fsp3) is 0.400. The van der Waals surface area contributed by atoms with Crippen molar-refractivity contribution in [3.63, 3.8) is 0 Å². The molecule has 6 N–H and O–H groups in total. The lowest BCUT2D eigenvalue weighted by Gasteiger charge is -2.28. The zero-order valence-corrected chi connectivity index (χ0v) is 28.0. The van der Waals surface area contributed by atoms with Crippen molar-refractivity contribution in [2.45, 2.75) is 63.8 Å². The van der Waals surface area contributed by atoms with Gasteiger partial charge in [0.1, 0.15) is 6.04 Å². The van der Waals surface area contributed by atoms with Crippen LogP contribution in [-0.2, 0) is 26.0 Å². The number of hydrogen-bond acceptors (Lipinski definition) is 6. The molecule has 2 amide bonds. The van der Waals surface area contributed by atoms with Crippen LogP contribution in [0.1, 0.15) is 50.7 Å². The summed E-state index contributed by atoms with van der Waals surface area (Å²) in [5.74, 6) is -0.250. The van der Waals surface area contributed by atoms with Crippen LogP contribution < -0.4 is 21.9 Å². The predicted molar refractivity (Wildman–Crippen MR) is 184 cm³/mol. The predicted octanol–water partition coefficient (Wildman–Crippen LogP) is 4.29. The smallest absolute Gasteiger partial charge is 0.271 e. The van der Waals surface area contributed by atoms with E-state index in [1.54, 1.807) is 30.3 Å². The molecule has 1 aliphatic rings. The van der Waals surface area contributed by atoms with Crippen LogP contribution >= 0.6 is 0 Å². The minimum absolute atomic E-state index is 0.141. The van der Waals surface area contributed by atoms with Crippen molar-refractivity contribution in [3.05, 3.63) is 82.1 Å². The lowest BCUT2D eigenvalue weighted by molar-refractivity contribution is -0.130. The van der Waals surface area contributed by atoms with Gasteiger partial charge < -0.3 is 16.4 Å². The van der Waals surface area contributed by atoms with E-state index >= 15 is 0 Å². The number of fused-ring (bicyclic) bond motifs is 1. The molecule has 0 unspecified atom stereocenters. The van der Waals surface area contributed by atoms with Gasteiger partial charge in [-0.3, -0.25) is 24.6 Å². The number of rotatable bonds is 12. The summed E-state index contributed by atoms with van der Waals surface area (Å²) < 4.78 is 27.5. The minimum atomic E-state index is -3.57. The molecular formula is C35H44N6O5S. The zero-order valence-electron chi connectivity index (χ0n) is 27.1. The summed E-state index contributed by atoms with van der Waals surface area (Å²) in [6.07, 6.45) is 3.53. The molecule has 1 heterocycles. The van der Waals surface area contributed by atoms with Crippen LogP contribution in [0.5, 0.6) is 0 Å². The lowest BCUT2D eigenvalue weighted by Crippen LogP contribution is -2.48. The van der Waals surface area contributed by atoms with Crippen molar-refractivity contribution >= 4 is 38.4 Å². The molecule has 4 aromatic rings. The van der Waals surface area contributed by atoms with E-state index in [-0.39, 0.29) is 34.6 Å². The van der Waals surface area contributed by atoms with Crippen molar-refractivity contribution < 1.29 is 18.0 Å². The van der Waals surface area contributed by atoms with E-state index in [1.807, 2.05) is 51.1 Å². The number of nitrogens with zero attached hydrogens (tertiary/aromatic N) is 1. The van der Waals surface area contributed by atoms with Gasteiger partial charge in [-0.2, -0.15) is 4.31 Å². The van der Waals surface area contributed by atoms with Crippen LogP contribution in [0.2, 0.25) is 0 Å². The van der Waals surface area contributed by atoms with Gasteiger partial charge in [0.2, 0.25) is 21.8 Å². The van der Waals surface area contributed by atoms with E-state index in [0.29, 0.717) is 42.1 Å². The molecule has 11 nitrogen and oxygen atoms in total. The number of carbonyl (C=O) groups excluding carboxylic acids is 2. The first-order valence-electron chi connectivity index (χ1n) is 16.3. The largest absolute Gasteiger partial charge is 0.344 e. The Labute approximate surface area is 275 Å². The molecule has 0 spiro atoms. The summed E-state index contributed by atoms with van der Waals surface area (Å²) in [5, 5.41) is 11.7. The van der Waals surface area contributed by atoms with Gasteiger partial charge in [0.05, 0.1) is 15.8 Å². The summed E-state index contributed by atoms with van der Waals surface area (Å²) >= 11 is 0. The summed E-state index contributed by atoms with van der Waals surface area (Å²) in [7, 11) is -3.57. The van der Waals surface area contributed by atoms with Crippen LogP contribution in [0.4, 0.5) is 5.69 Å². The Morgan fingerprint density at radius 1 is 0.957 bits per heavy atom. The van der Waals surface area contributed by atoms with Crippen LogP contribution in [0.25, 0.3) is 22.0 Å². The highest BCUT2D eigenvalue weighted by Gasteiger charge is 2.29. The summed E-state index contributed by atoms with van der Waals surface area (Å²) in [4.78, 5) is 39.2. The number of nitrogens with two attached hydrogens (primary N) is 1. The number of aromatic amines is 2. The van der Waals surface area contributed by atoms with E-state index in [4.69, 9.17) is 5.73 Å². The van der Waals surface area contributed by atoms with Gasteiger partial charge in [0, 0.05) is 31.1 Å². The van der Waals surface area contributed by atoms with Gasteiger partial charge in [-0.15, -0.1) is 0 Å². The molecule has 3 aromatic carbocycles. The molecule has 47 heavy (non-hydrogen) atoms. The molecule has 1 aliphatic carbocycles. The van der Waals surface area contributed by atoms with Gasteiger partial charge in [-0.1, -0.05) is 44.2 Å². The number of aromatic nitrogens is 2. The molecule has 12 heteroatoms. The van der Waals surface area contributed by atoms with Crippen LogP contribution in [0.15, 0.2) is 70.4 Å². The molecule has 1 atom stereocenters. The van der Waals surface area contributed by atoms with Gasteiger partial charge >= 0.3 is 0 Å². The number of aryl methyl sites for hydroxylation is 1. The molecule has 0 bridgehead atoms. The number of nitrogens with one attached hydrogen (secondary N) is 4. The highest BCUT2D eigenvalue weighted by atomic mass is 32.2. The summed E-state index contributed by atoms with van der Waals surface area (Å²) in [6.45, 7) is 6.95. The van der Waals surface area contributed by atoms with Gasteiger partial charge in [-0.25, -0.2) is 8.42 Å². The van der Waals surface area contributed by atoms with E-state index in [2.05, 4.69) is 20.8 Å². The normalized spacial score (nSPS) is 17.5. The van der Waals surface area contributed by atoms with Crippen LogP contribution in [0, 0.1) is 18.8 Å².